The number of nitrogens with one attached hydrogen (secondary N) is 1. The fourth-order valence-corrected chi connectivity index (χ4v) is 4.61. The van der Waals surface area contributed by atoms with E-state index in [1.54, 1.807) is 24.3 Å². The highest BCUT2D eigenvalue weighted by molar-refractivity contribution is 7.89. The molecule has 0 spiro atoms. The van der Waals surface area contributed by atoms with Crippen molar-refractivity contribution >= 4 is 32.2 Å². The number of fused-ring (bicyclic) bond motifs is 1. The molecule has 0 amide bonds. The molecule has 0 radical (unpaired) electrons. The Hall–Kier alpha value is -2.63. The SMILES string of the molecule is C=C(Nc1ccc(S(=O)(=O)N(CC)CC)cc1)c1cccc2ccccc12. The van der Waals surface area contributed by atoms with Gasteiger partial charge in [-0.2, -0.15) is 4.31 Å². The van der Waals surface area contributed by atoms with Gasteiger partial charge in [-0.3, -0.25) is 0 Å². The second-order valence-corrected chi connectivity index (χ2v) is 8.18. The van der Waals surface area contributed by atoms with Crippen molar-refractivity contribution in [3.05, 3.63) is 78.9 Å². The third-order valence-electron chi connectivity index (χ3n) is 4.61. The highest BCUT2D eigenvalue weighted by Gasteiger charge is 2.21. The zero-order valence-corrected chi connectivity index (χ0v) is 16.5. The first-order valence-corrected chi connectivity index (χ1v) is 10.5. The van der Waals surface area contributed by atoms with E-state index >= 15 is 0 Å². The molecule has 3 aromatic carbocycles. The smallest absolute Gasteiger partial charge is 0.243 e. The predicted octanol–water partition coefficient (Wildman–Crippen LogP) is 4.95. The van der Waals surface area contributed by atoms with E-state index in [-0.39, 0.29) is 0 Å². The Balaban J connectivity index is 1.83. The van der Waals surface area contributed by atoms with Gasteiger partial charge < -0.3 is 5.32 Å². The van der Waals surface area contributed by atoms with Crippen LogP contribution < -0.4 is 5.32 Å². The van der Waals surface area contributed by atoms with E-state index in [0.717, 1.165) is 27.7 Å². The normalized spacial score (nSPS) is 11.7. The van der Waals surface area contributed by atoms with Crippen LogP contribution in [0.3, 0.4) is 0 Å². The van der Waals surface area contributed by atoms with Crippen molar-refractivity contribution in [2.75, 3.05) is 18.4 Å². The first-order chi connectivity index (χ1) is 13.0. The summed E-state index contributed by atoms with van der Waals surface area (Å²) < 4.78 is 26.6. The molecular weight excluding hydrogens is 356 g/mol. The van der Waals surface area contributed by atoms with Crippen molar-refractivity contribution in [1.82, 2.24) is 4.31 Å². The maximum Gasteiger partial charge on any atom is 0.243 e. The van der Waals surface area contributed by atoms with Gasteiger partial charge in [-0.25, -0.2) is 8.42 Å². The molecule has 5 heteroatoms. The molecule has 0 unspecified atom stereocenters. The molecule has 1 N–H and O–H groups in total. The van der Waals surface area contributed by atoms with Gasteiger partial charge in [-0.05, 0) is 35.0 Å². The van der Waals surface area contributed by atoms with E-state index in [4.69, 9.17) is 0 Å². The summed E-state index contributed by atoms with van der Waals surface area (Å²) in [5, 5.41) is 5.56. The molecule has 0 fully saturated rings. The minimum atomic E-state index is -3.44. The minimum absolute atomic E-state index is 0.299. The standard InChI is InChI=1S/C22H24N2O2S/c1-4-24(5-2)27(25,26)20-15-13-19(14-16-20)23-17(3)21-12-8-10-18-9-6-7-11-22(18)21/h6-16,23H,3-5H2,1-2H3. The zero-order chi connectivity index (χ0) is 19.4. The molecule has 0 aromatic heterocycles. The number of hydrogen-bond acceptors (Lipinski definition) is 3. The van der Waals surface area contributed by atoms with Crippen molar-refractivity contribution in [3.8, 4) is 0 Å². The van der Waals surface area contributed by atoms with Gasteiger partial charge >= 0.3 is 0 Å². The van der Waals surface area contributed by atoms with Crippen molar-refractivity contribution in [3.63, 3.8) is 0 Å². The van der Waals surface area contributed by atoms with Gasteiger partial charge in [0.05, 0.1) is 4.90 Å². The van der Waals surface area contributed by atoms with E-state index < -0.39 is 10.0 Å². The van der Waals surface area contributed by atoms with E-state index in [1.165, 1.54) is 4.31 Å². The van der Waals surface area contributed by atoms with Crippen molar-refractivity contribution in [2.45, 2.75) is 18.7 Å². The molecule has 0 atom stereocenters. The van der Waals surface area contributed by atoms with Crippen molar-refractivity contribution < 1.29 is 8.42 Å². The number of hydrogen-bond donors (Lipinski definition) is 1. The molecule has 0 saturated heterocycles. The number of benzene rings is 3. The Kier molecular flexibility index (Phi) is 5.63. The maximum absolute atomic E-state index is 12.6. The molecule has 0 bridgehead atoms. The maximum atomic E-state index is 12.6. The van der Waals surface area contributed by atoms with Crippen molar-refractivity contribution in [2.24, 2.45) is 0 Å². The molecule has 0 aliphatic heterocycles. The number of sulfonamides is 1. The lowest BCUT2D eigenvalue weighted by atomic mass is 10.0. The Morgan fingerprint density at radius 2 is 1.56 bits per heavy atom. The molecule has 140 valence electrons. The highest BCUT2D eigenvalue weighted by Crippen LogP contribution is 2.26. The molecular formula is C22H24N2O2S. The lowest BCUT2D eigenvalue weighted by Gasteiger charge is -2.19. The summed E-state index contributed by atoms with van der Waals surface area (Å²) in [4.78, 5) is 0.299. The lowest BCUT2D eigenvalue weighted by molar-refractivity contribution is 0.445. The topological polar surface area (TPSA) is 49.4 Å². The third-order valence-corrected chi connectivity index (χ3v) is 6.67. The van der Waals surface area contributed by atoms with Gasteiger partial charge in [0.1, 0.15) is 0 Å². The van der Waals surface area contributed by atoms with Gasteiger partial charge in [0.2, 0.25) is 10.0 Å². The van der Waals surface area contributed by atoms with Crippen LogP contribution in [-0.2, 0) is 10.0 Å². The van der Waals surface area contributed by atoms with Crippen LogP contribution in [0.4, 0.5) is 5.69 Å². The van der Waals surface area contributed by atoms with E-state index in [9.17, 15) is 8.42 Å². The fourth-order valence-electron chi connectivity index (χ4n) is 3.15. The van der Waals surface area contributed by atoms with Crippen LogP contribution in [-0.4, -0.2) is 25.8 Å². The summed E-state index contributed by atoms with van der Waals surface area (Å²) in [5.41, 5.74) is 2.59. The van der Waals surface area contributed by atoms with E-state index in [1.807, 2.05) is 38.1 Å². The molecule has 0 saturated carbocycles. The molecule has 3 aromatic rings. The summed E-state index contributed by atoms with van der Waals surface area (Å²) >= 11 is 0. The Morgan fingerprint density at radius 1 is 0.926 bits per heavy atom. The molecule has 27 heavy (non-hydrogen) atoms. The first kappa shape index (κ1) is 19.1. The molecule has 4 nitrogen and oxygen atoms in total. The highest BCUT2D eigenvalue weighted by atomic mass is 32.2. The van der Waals surface area contributed by atoms with Crippen LogP contribution in [0.25, 0.3) is 16.5 Å². The molecule has 0 aliphatic rings. The quantitative estimate of drug-likeness (QED) is 0.631. The van der Waals surface area contributed by atoms with Crippen molar-refractivity contribution in [1.29, 1.82) is 0 Å². The van der Waals surface area contributed by atoms with E-state index in [0.29, 0.717) is 18.0 Å². The van der Waals surface area contributed by atoms with Gasteiger partial charge in [0, 0.05) is 30.0 Å². The minimum Gasteiger partial charge on any atom is -0.356 e. The van der Waals surface area contributed by atoms with Gasteiger partial charge in [-0.15, -0.1) is 0 Å². The molecule has 0 heterocycles. The summed E-state index contributed by atoms with van der Waals surface area (Å²) in [6, 6.07) is 21.1. The average Bonchev–Trinajstić information content (AvgIpc) is 2.68. The van der Waals surface area contributed by atoms with Crippen LogP contribution in [0.5, 0.6) is 0 Å². The number of anilines is 1. The van der Waals surface area contributed by atoms with Crippen LogP contribution in [0.2, 0.25) is 0 Å². The van der Waals surface area contributed by atoms with Gasteiger partial charge in [-0.1, -0.05) is 62.9 Å². The Morgan fingerprint density at radius 3 is 2.22 bits per heavy atom. The monoisotopic (exact) mass is 380 g/mol. The third kappa shape index (κ3) is 3.89. The zero-order valence-electron chi connectivity index (χ0n) is 15.6. The summed E-state index contributed by atoms with van der Waals surface area (Å²) in [7, 11) is -3.44. The van der Waals surface area contributed by atoms with E-state index in [2.05, 4.69) is 30.1 Å². The largest absolute Gasteiger partial charge is 0.356 e. The van der Waals surface area contributed by atoms with Gasteiger partial charge in [0.15, 0.2) is 0 Å². The average molecular weight is 381 g/mol. The Labute approximate surface area is 161 Å². The van der Waals surface area contributed by atoms with Crippen LogP contribution >= 0.6 is 0 Å². The number of rotatable bonds is 7. The van der Waals surface area contributed by atoms with Crippen LogP contribution in [0, 0.1) is 0 Å². The molecule has 0 aliphatic carbocycles. The second-order valence-electron chi connectivity index (χ2n) is 6.24. The van der Waals surface area contributed by atoms with Crippen LogP contribution in [0.15, 0.2) is 78.2 Å². The summed E-state index contributed by atoms with van der Waals surface area (Å²) in [6.45, 7) is 8.75. The lowest BCUT2D eigenvalue weighted by Crippen LogP contribution is -2.30. The van der Waals surface area contributed by atoms with Gasteiger partial charge in [0.25, 0.3) is 0 Å². The first-order valence-electron chi connectivity index (χ1n) is 9.01. The fraction of sp³-hybridized carbons (Fsp3) is 0.182. The second kappa shape index (κ2) is 7.94. The molecule has 3 rings (SSSR count). The predicted molar refractivity (Wildman–Crippen MR) is 113 cm³/mol. The Bertz CT molecular complexity index is 1050. The number of nitrogens with zero attached hydrogens (tertiary/aromatic N) is 1. The summed E-state index contributed by atoms with van der Waals surface area (Å²) in [5.74, 6) is 0. The van der Waals surface area contributed by atoms with Crippen LogP contribution in [0.1, 0.15) is 19.4 Å². The summed E-state index contributed by atoms with van der Waals surface area (Å²) in [6.07, 6.45) is 0.